The molecule has 1 aromatic heterocycles. The topological polar surface area (TPSA) is 65.4 Å². The lowest BCUT2D eigenvalue weighted by atomic mass is 10.1. The largest absolute Gasteiger partial charge is 0.497 e. The number of hydrogen-bond acceptors (Lipinski definition) is 4. The second kappa shape index (κ2) is 8.20. The number of nitrogens with zero attached hydrogens (tertiary/aromatic N) is 2. The Balaban J connectivity index is 1.62. The maximum absolute atomic E-state index is 12.4. The number of nitrogens with one attached hydrogen (secondary N) is 1. The molecule has 0 aliphatic heterocycles. The van der Waals surface area contributed by atoms with Crippen molar-refractivity contribution in [2.45, 2.75) is 19.6 Å². The highest BCUT2D eigenvalue weighted by atomic mass is 16.5. The average Bonchev–Trinajstić information content (AvgIpc) is 3.21. The van der Waals surface area contributed by atoms with E-state index in [2.05, 4.69) is 10.3 Å². The predicted octanol–water partition coefficient (Wildman–Crippen LogP) is 2.96. The van der Waals surface area contributed by atoms with E-state index in [0.29, 0.717) is 18.0 Å². The summed E-state index contributed by atoms with van der Waals surface area (Å²) >= 11 is 0. The van der Waals surface area contributed by atoms with Crippen molar-refractivity contribution in [1.82, 2.24) is 14.9 Å². The van der Waals surface area contributed by atoms with Gasteiger partial charge in [-0.2, -0.15) is 0 Å². The third kappa shape index (κ3) is 4.22. The highest BCUT2D eigenvalue weighted by molar-refractivity contribution is 5.80. The van der Waals surface area contributed by atoms with Crippen LogP contribution in [0.5, 0.6) is 11.5 Å². The molecule has 1 heterocycles. The van der Waals surface area contributed by atoms with Gasteiger partial charge in [0.1, 0.15) is 11.5 Å². The van der Waals surface area contributed by atoms with Crippen LogP contribution in [0.4, 0.5) is 0 Å². The summed E-state index contributed by atoms with van der Waals surface area (Å²) in [7, 11) is 1.59. The molecule has 3 rings (SSSR count). The Morgan fingerprint density at radius 3 is 2.77 bits per heavy atom. The third-order valence-electron chi connectivity index (χ3n) is 3.95. The maximum atomic E-state index is 12.4. The molecule has 0 fully saturated rings. The van der Waals surface area contributed by atoms with E-state index in [-0.39, 0.29) is 5.91 Å². The number of para-hydroxylation sites is 1. The molecule has 1 amide bonds. The van der Waals surface area contributed by atoms with Gasteiger partial charge in [0.15, 0.2) is 6.10 Å². The lowest BCUT2D eigenvalue weighted by Gasteiger charge is -2.16. The minimum atomic E-state index is -0.623. The summed E-state index contributed by atoms with van der Waals surface area (Å²) in [6, 6.07) is 15.0. The van der Waals surface area contributed by atoms with E-state index in [9.17, 15) is 4.79 Å². The number of amides is 1. The normalized spacial score (nSPS) is 11.6. The van der Waals surface area contributed by atoms with Crippen LogP contribution in [-0.4, -0.2) is 28.7 Å². The molecular formula is C20H21N3O3. The Kier molecular flexibility index (Phi) is 5.53. The zero-order valence-corrected chi connectivity index (χ0v) is 14.8. The highest BCUT2D eigenvalue weighted by Crippen LogP contribution is 2.20. The Morgan fingerprint density at radius 2 is 2.00 bits per heavy atom. The number of carbonyl (C=O) groups is 1. The molecule has 3 aromatic rings. The van der Waals surface area contributed by atoms with Crippen LogP contribution < -0.4 is 14.8 Å². The second-order valence-electron chi connectivity index (χ2n) is 5.76. The van der Waals surface area contributed by atoms with E-state index >= 15 is 0 Å². The average molecular weight is 351 g/mol. The van der Waals surface area contributed by atoms with Gasteiger partial charge in [0.05, 0.1) is 19.1 Å². The number of hydrogen-bond donors (Lipinski definition) is 1. The molecule has 1 unspecified atom stereocenters. The molecule has 26 heavy (non-hydrogen) atoms. The van der Waals surface area contributed by atoms with E-state index in [4.69, 9.17) is 9.47 Å². The van der Waals surface area contributed by atoms with Crippen molar-refractivity contribution in [2.75, 3.05) is 7.11 Å². The molecule has 1 atom stereocenters. The maximum Gasteiger partial charge on any atom is 0.261 e. The van der Waals surface area contributed by atoms with Crippen molar-refractivity contribution in [3.63, 3.8) is 0 Å². The minimum absolute atomic E-state index is 0.187. The Labute approximate surface area is 152 Å². The van der Waals surface area contributed by atoms with Gasteiger partial charge < -0.3 is 19.4 Å². The number of imidazole rings is 1. The molecule has 0 aliphatic carbocycles. The summed E-state index contributed by atoms with van der Waals surface area (Å²) in [6.07, 6.45) is 4.70. The van der Waals surface area contributed by atoms with Crippen LogP contribution in [0.1, 0.15) is 12.5 Å². The number of rotatable bonds is 7. The van der Waals surface area contributed by atoms with E-state index in [1.54, 1.807) is 38.7 Å². The van der Waals surface area contributed by atoms with Crippen molar-refractivity contribution < 1.29 is 14.3 Å². The molecule has 1 N–H and O–H groups in total. The Bertz CT molecular complexity index is 862. The summed E-state index contributed by atoms with van der Waals surface area (Å²) in [5.74, 6) is 1.09. The van der Waals surface area contributed by atoms with Crippen molar-refractivity contribution in [3.05, 3.63) is 72.8 Å². The molecule has 0 bridgehead atoms. The predicted molar refractivity (Wildman–Crippen MR) is 98.5 cm³/mol. The van der Waals surface area contributed by atoms with Gasteiger partial charge in [0, 0.05) is 25.0 Å². The first-order chi connectivity index (χ1) is 12.7. The molecule has 0 saturated carbocycles. The van der Waals surface area contributed by atoms with Crippen molar-refractivity contribution in [1.29, 1.82) is 0 Å². The van der Waals surface area contributed by atoms with Gasteiger partial charge in [-0.25, -0.2) is 4.98 Å². The molecular weight excluding hydrogens is 330 g/mol. The van der Waals surface area contributed by atoms with Crippen LogP contribution >= 0.6 is 0 Å². The van der Waals surface area contributed by atoms with Gasteiger partial charge in [0.2, 0.25) is 0 Å². The number of aromatic nitrogens is 2. The van der Waals surface area contributed by atoms with Crippen molar-refractivity contribution in [2.24, 2.45) is 0 Å². The van der Waals surface area contributed by atoms with Crippen LogP contribution in [0, 0.1) is 0 Å². The van der Waals surface area contributed by atoms with E-state index < -0.39 is 6.10 Å². The zero-order valence-electron chi connectivity index (χ0n) is 14.8. The van der Waals surface area contributed by atoms with E-state index in [1.165, 1.54) is 0 Å². The first-order valence-electron chi connectivity index (χ1n) is 8.32. The summed E-state index contributed by atoms with van der Waals surface area (Å²) in [5.41, 5.74) is 1.97. The lowest BCUT2D eigenvalue weighted by molar-refractivity contribution is -0.127. The SMILES string of the molecule is COc1cccc(OC(C)C(=O)NCc2ccccc2-n2ccnc2)c1. The fourth-order valence-corrected chi connectivity index (χ4v) is 2.57. The summed E-state index contributed by atoms with van der Waals surface area (Å²) in [4.78, 5) is 16.5. The quantitative estimate of drug-likeness (QED) is 0.711. The number of benzene rings is 2. The number of methoxy groups -OCH3 is 1. The standard InChI is InChI=1S/C20H21N3O3/c1-15(26-18-8-5-7-17(12-18)25-2)20(24)22-13-16-6-3-4-9-19(16)23-11-10-21-14-23/h3-12,14-15H,13H2,1-2H3,(H,22,24). The molecule has 0 spiro atoms. The van der Waals surface area contributed by atoms with Gasteiger partial charge in [-0.15, -0.1) is 0 Å². The van der Waals surface area contributed by atoms with Gasteiger partial charge in [-0.1, -0.05) is 24.3 Å². The molecule has 6 heteroatoms. The molecule has 0 radical (unpaired) electrons. The van der Waals surface area contributed by atoms with Crippen LogP contribution in [0.15, 0.2) is 67.3 Å². The van der Waals surface area contributed by atoms with Gasteiger partial charge in [-0.3, -0.25) is 4.79 Å². The van der Waals surface area contributed by atoms with Crippen LogP contribution in [0.2, 0.25) is 0 Å². The highest BCUT2D eigenvalue weighted by Gasteiger charge is 2.15. The fourth-order valence-electron chi connectivity index (χ4n) is 2.57. The van der Waals surface area contributed by atoms with Crippen LogP contribution in [0.3, 0.4) is 0 Å². The molecule has 0 saturated heterocycles. The zero-order chi connectivity index (χ0) is 18.4. The Hall–Kier alpha value is -3.28. The first-order valence-corrected chi connectivity index (χ1v) is 8.32. The lowest BCUT2D eigenvalue weighted by Crippen LogP contribution is -2.36. The van der Waals surface area contributed by atoms with Gasteiger partial charge >= 0.3 is 0 Å². The number of ether oxygens (including phenoxy) is 2. The first kappa shape index (κ1) is 17.5. The van der Waals surface area contributed by atoms with E-state index in [0.717, 1.165) is 11.3 Å². The van der Waals surface area contributed by atoms with Crippen LogP contribution in [0.25, 0.3) is 5.69 Å². The smallest absolute Gasteiger partial charge is 0.261 e. The summed E-state index contributed by atoms with van der Waals surface area (Å²) < 4.78 is 12.8. The van der Waals surface area contributed by atoms with Crippen LogP contribution in [-0.2, 0) is 11.3 Å². The summed E-state index contributed by atoms with van der Waals surface area (Å²) in [5, 5.41) is 2.92. The molecule has 0 aliphatic rings. The Morgan fingerprint density at radius 1 is 1.19 bits per heavy atom. The van der Waals surface area contributed by atoms with Crippen molar-refractivity contribution >= 4 is 5.91 Å². The molecule has 2 aromatic carbocycles. The fraction of sp³-hybridized carbons (Fsp3) is 0.200. The van der Waals surface area contributed by atoms with Gasteiger partial charge in [-0.05, 0) is 30.7 Å². The van der Waals surface area contributed by atoms with E-state index in [1.807, 2.05) is 47.2 Å². The molecule has 6 nitrogen and oxygen atoms in total. The minimum Gasteiger partial charge on any atom is -0.497 e. The monoisotopic (exact) mass is 351 g/mol. The number of carbonyl (C=O) groups excluding carboxylic acids is 1. The van der Waals surface area contributed by atoms with Crippen molar-refractivity contribution in [3.8, 4) is 17.2 Å². The second-order valence-corrected chi connectivity index (χ2v) is 5.76. The third-order valence-corrected chi connectivity index (χ3v) is 3.95. The summed E-state index contributed by atoms with van der Waals surface area (Å²) in [6.45, 7) is 2.12. The van der Waals surface area contributed by atoms with Gasteiger partial charge in [0.25, 0.3) is 5.91 Å². The molecule has 134 valence electrons.